The molecule has 0 spiro atoms. The molecule has 0 aliphatic heterocycles. The van der Waals surface area contributed by atoms with Crippen LogP contribution < -0.4 is 15.5 Å². The van der Waals surface area contributed by atoms with Crippen molar-refractivity contribution in [2.75, 3.05) is 11.9 Å². The van der Waals surface area contributed by atoms with Crippen LogP contribution in [0.15, 0.2) is 76.3 Å². The van der Waals surface area contributed by atoms with E-state index in [1.807, 2.05) is 80.6 Å². The van der Waals surface area contributed by atoms with Gasteiger partial charge in [-0.3, -0.25) is 4.79 Å². The molecule has 6 heteroatoms. The Hall–Kier alpha value is -3.12. The molecular weight excluding hydrogens is 442 g/mol. The molecule has 0 aliphatic rings. The van der Waals surface area contributed by atoms with E-state index in [1.54, 1.807) is 6.21 Å². The standard InChI is InChI=1S/C24H24BrN3O2/c1-17-7-6-8-18(2)24(17)26-15-23(29)28-27-14-20-13-21(25)11-12-22(20)30-16-19-9-4-3-5-10-19/h3-14,26H,15-16H2,1-2H3,(H,28,29)/b27-14-. The molecule has 154 valence electrons. The molecule has 3 rings (SSSR count). The van der Waals surface area contributed by atoms with Crippen LogP contribution in [0.2, 0.25) is 0 Å². The van der Waals surface area contributed by atoms with Gasteiger partial charge < -0.3 is 10.1 Å². The number of nitrogens with zero attached hydrogens (tertiary/aromatic N) is 1. The van der Waals surface area contributed by atoms with Gasteiger partial charge in [-0.25, -0.2) is 5.43 Å². The lowest BCUT2D eigenvalue weighted by atomic mass is 10.1. The van der Waals surface area contributed by atoms with Crippen molar-refractivity contribution < 1.29 is 9.53 Å². The van der Waals surface area contributed by atoms with Crippen molar-refractivity contribution in [3.05, 3.63) is 93.5 Å². The second-order valence-electron chi connectivity index (χ2n) is 6.87. The molecule has 0 fully saturated rings. The normalized spacial score (nSPS) is 10.8. The molecule has 0 radical (unpaired) electrons. The van der Waals surface area contributed by atoms with Gasteiger partial charge in [0.2, 0.25) is 0 Å². The summed E-state index contributed by atoms with van der Waals surface area (Å²) in [5.74, 6) is 0.462. The lowest BCUT2D eigenvalue weighted by molar-refractivity contribution is -0.119. The quantitative estimate of drug-likeness (QED) is 0.354. The number of halogens is 1. The molecule has 0 aliphatic carbocycles. The van der Waals surface area contributed by atoms with Crippen molar-refractivity contribution in [3.63, 3.8) is 0 Å². The van der Waals surface area contributed by atoms with E-state index in [1.165, 1.54) is 0 Å². The number of carbonyl (C=O) groups is 1. The van der Waals surface area contributed by atoms with Crippen LogP contribution in [0.5, 0.6) is 5.75 Å². The molecule has 0 bridgehead atoms. The summed E-state index contributed by atoms with van der Waals surface area (Å²) in [4.78, 5) is 12.2. The number of amides is 1. The summed E-state index contributed by atoms with van der Waals surface area (Å²) in [5, 5.41) is 7.26. The summed E-state index contributed by atoms with van der Waals surface area (Å²) in [6.07, 6.45) is 1.59. The fraction of sp³-hybridized carbons (Fsp3) is 0.167. The fourth-order valence-electron chi connectivity index (χ4n) is 2.96. The van der Waals surface area contributed by atoms with Crippen molar-refractivity contribution in [2.45, 2.75) is 20.5 Å². The smallest absolute Gasteiger partial charge is 0.259 e. The molecule has 0 aromatic heterocycles. The van der Waals surface area contributed by atoms with Gasteiger partial charge >= 0.3 is 0 Å². The van der Waals surface area contributed by atoms with Gasteiger partial charge in [-0.15, -0.1) is 0 Å². The maximum Gasteiger partial charge on any atom is 0.259 e. The van der Waals surface area contributed by atoms with Gasteiger partial charge in [-0.1, -0.05) is 64.5 Å². The number of hydrazone groups is 1. The highest BCUT2D eigenvalue weighted by molar-refractivity contribution is 9.10. The van der Waals surface area contributed by atoms with Gasteiger partial charge in [0.05, 0.1) is 12.8 Å². The number of hydrogen-bond donors (Lipinski definition) is 2. The van der Waals surface area contributed by atoms with Crippen LogP contribution in [0.25, 0.3) is 0 Å². The molecule has 0 heterocycles. The molecule has 2 N–H and O–H groups in total. The fourth-order valence-corrected chi connectivity index (χ4v) is 3.34. The van der Waals surface area contributed by atoms with Crippen molar-refractivity contribution in [3.8, 4) is 5.75 Å². The summed E-state index contributed by atoms with van der Waals surface area (Å²) >= 11 is 3.46. The van der Waals surface area contributed by atoms with Crippen molar-refractivity contribution in [1.29, 1.82) is 0 Å². The number of carbonyl (C=O) groups excluding carboxylic acids is 1. The largest absolute Gasteiger partial charge is 0.488 e. The summed E-state index contributed by atoms with van der Waals surface area (Å²) in [7, 11) is 0. The first kappa shape index (κ1) is 21.6. The number of aryl methyl sites for hydroxylation is 2. The Bertz CT molecular complexity index is 1020. The Morgan fingerprint density at radius 3 is 2.50 bits per heavy atom. The monoisotopic (exact) mass is 465 g/mol. The van der Waals surface area contributed by atoms with Crippen molar-refractivity contribution in [2.24, 2.45) is 5.10 Å². The zero-order valence-corrected chi connectivity index (χ0v) is 18.6. The Labute approximate surface area is 185 Å². The van der Waals surface area contributed by atoms with Crippen LogP contribution in [-0.4, -0.2) is 18.7 Å². The van der Waals surface area contributed by atoms with E-state index in [0.29, 0.717) is 12.4 Å². The van der Waals surface area contributed by atoms with E-state index < -0.39 is 0 Å². The molecule has 0 unspecified atom stereocenters. The van der Waals surface area contributed by atoms with Gasteiger partial charge in [0.15, 0.2) is 0 Å². The molecule has 1 amide bonds. The third kappa shape index (κ3) is 6.19. The molecule has 0 saturated heterocycles. The van der Waals surface area contributed by atoms with Gasteiger partial charge in [0.25, 0.3) is 5.91 Å². The first-order chi connectivity index (χ1) is 14.5. The van der Waals surface area contributed by atoms with E-state index in [-0.39, 0.29) is 12.5 Å². The first-order valence-electron chi connectivity index (χ1n) is 9.61. The molecule has 3 aromatic rings. The molecule has 30 heavy (non-hydrogen) atoms. The van der Waals surface area contributed by atoms with Crippen LogP contribution in [0.3, 0.4) is 0 Å². The van der Waals surface area contributed by atoms with Crippen LogP contribution in [0.4, 0.5) is 5.69 Å². The average Bonchev–Trinajstić information content (AvgIpc) is 2.73. The van der Waals surface area contributed by atoms with Gasteiger partial charge in [0, 0.05) is 15.7 Å². The zero-order chi connectivity index (χ0) is 21.3. The first-order valence-corrected chi connectivity index (χ1v) is 10.4. The SMILES string of the molecule is Cc1cccc(C)c1NCC(=O)N/N=C\c1cc(Br)ccc1OCc1ccccc1. The van der Waals surface area contributed by atoms with E-state index in [9.17, 15) is 4.79 Å². The van der Waals surface area contributed by atoms with Crippen molar-refractivity contribution >= 4 is 33.7 Å². The Morgan fingerprint density at radius 2 is 1.77 bits per heavy atom. The minimum Gasteiger partial charge on any atom is -0.488 e. The van der Waals surface area contributed by atoms with E-state index in [4.69, 9.17) is 4.74 Å². The van der Waals surface area contributed by atoms with Gasteiger partial charge in [0.1, 0.15) is 12.4 Å². The zero-order valence-electron chi connectivity index (χ0n) is 17.0. The topological polar surface area (TPSA) is 62.7 Å². The highest BCUT2D eigenvalue weighted by atomic mass is 79.9. The minimum absolute atomic E-state index is 0.138. The molecule has 0 saturated carbocycles. The number of nitrogens with one attached hydrogen (secondary N) is 2. The molecular formula is C24H24BrN3O2. The highest BCUT2D eigenvalue weighted by Gasteiger charge is 2.06. The number of rotatable bonds is 8. The third-order valence-corrected chi connectivity index (χ3v) is 5.00. The lowest BCUT2D eigenvalue weighted by Crippen LogP contribution is -2.26. The number of para-hydroxylation sites is 1. The summed E-state index contributed by atoms with van der Waals surface area (Å²) in [6, 6.07) is 21.6. The third-order valence-electron chi connectivity index (χ3n) is 4.51. The molecule has 5 nitrogen and oxygen atoms in total. The van der Waals surface area contributed by atoms with E-state index >= 15 is 0 Å². The molecule has 3 aromatic carbocycles. The lowest BCUT2D eigenvalue weighted by Gasteiger charge is -2.11. The number of anilines is 1. The predicted molar refractivity (Wildman–Crippen MR) is 125 cm³/mol. The van der Waals surface area contributed by atoms with Crippen LogP contribution in [0, 0.1) is 13.8 Å². The highest BCUT2D eigenvalue weighted by Crippen LogP contribution is 2.23. The minimum atomic E-state index is -0.226. The van der Waals surface area contributed by atoms with Gasteiger partial charge in [-0.05, 0) is 48.7 Å². The Kier molecular flexibility index (Phi) is 7.63. The number of ether oxygens (including phenoxy) is 1. The Balaban J connectivity index is 1.58. The van der Waals surface area contributed by atoms with Gasteiger partial charge in [-0.2, -0.15) is 5.10 Å². The predicted octanol–water partition coefficient (Wildman–Crippen LogP) is 5.21. The summed E-state index contributed by atoms with van der Waals surface area (Å²) < 4.78 is 6.83. The maximum absolute atomic E-state index is 12.2. The Morgan fingerprint density at radius 1 is 1.03 bits per heavy atom. The van der Waals surface area contributed by atoms with E-state index in [0.717, 1.165) is 32.4 Å². The second-order valence-corrected chi connectivity index (χ2v) is 7.79. The number of hydrogen-bond acceptors (Lipinski definition) is 4. The van der Waals surface area contributed by atoms with Crippen LogP contribution in [-0.2, 0) is 11.4 Å². The average molecular weight is 466 g/mol. The van der Waals surface area contributed by atoms with Crippen LogP contribution >= 0.6 is 15.9 Å². The summed E-state index contributed by atoms with van der Waals surface area (Å²) in [5.41, 5.74) is 7.57. The molecule has 0 atom stereocenters. The van der Waals surface area contributed by atoms with E-state index in [2.05, 4.69) is 31.8 Å². The number of benzene rings is 3. The van der Waals surface area contributed by atoms with Crippen molar-refractivity contribution in [1.82, 2.24) is 5.43 Å². The van der Waals surface area contributed by atoms with Crippen LogP contribution in [0.1, 0.15) is 22.3 Å². The second kappa shape index (κ2) is 10.6. The summed E-state index contributed by atoms with van der Waals surface area (Å²) in [6.45, 7) is 4.61. The maximum atomic E-state index is 12.2.